The summed E-state index contributed by atoms with van der Waals surface area (Å²) in [6.45, 7) is 6.08. The van der Waals surface area contributed by atoms with E-state index in [1.807, 2.05) is 26.0 Å². The van der Waals surface area contributed by atoms with Crippen LogP contribution >= 0.6 is 0 Å². The lowest BCUT2D eigenvalue weighted by atomic mass is 9.93. The lowest BCUT2D eigenvalue weighted by Gasteiger charge is -2.10. The third-order valence-corrected chi connectivity index (χ3v) is 3.45. The molecule has 2 N–H and O–H groups in total. The second-order valence-electron chi connectivity index (χ2n) is 4.63. The van der Waals surface area contributed by atoms with Crippen molar-refractivity contribution in [1.82, 2.24) is 0 Å². The first kappa shape index (κ1) is 12.4. The van der Waals surface area contributed by atoms with Gasteiger partial charge in [0.1, 0.15) is 0 Å². The minimum absolute atomic E-state index is 0.0305. The van der Waals surface area contributed by atoms with Crippen molar-refractivity contribution in [3.63, 3.8) is 0 Å². The number of hydrogen-bond acceptors (Lipinski definition) is 2. The molecule has 0 bridgehead atoms. The zero-order valence-electron chi connectivity index (χ0n) is 10.9. The normalized spacial score (nSPS) is 10.4. The smallest absolute Gasteiger partial charge is 0.193 e. The number of rotatable bonds is 2. The van der Waals surface area contributed by atoms with Crippen LogP contribution in [0.1, 0.15) is 32.6 Å². The van der Waals surface area contributed by atoms with E-state index in [0.29, 0.717) is 11.3 Å². The molecule has 0 aliphatic rings. The zero-order chi connectivity index (χ0) is 13.3. The molecule has 0 aliphatic heterocycles. The molecule has 2 nitrogen and oxygen atoms in total. The Morgan fingerprint density at radius 2 is 1.72 bits per heavy atom. The van der Waals surface area contributed by atoms with Gasteiger partial charge in [0.15, 0.2) is 5.78 Å². The van der Waals surface area contributed by atoms with Crippen LogP contribution in [0.5, 0.6) is 0 Å². The Kier molecular flexibility index (Phi) is 3.19. The number of aryl methyl sites for hydroxylation is 1. The van der Waals surface area contributed by atoms with E-state index in [1.165, 1.54) is 11.1 Å². The van der Waals surface area contributed by atoms with Crippen LogP contribution in [0.25, 0.3) is 0 Å². The lowest BCUT2D eigenvalue weighted by Crippen LogP contribution is -2.06. The van der Waals surface area contributed by atoms with E-state index in [9.17, 15) is 4.79 Å². The minimum atomic E-state index is 0.0305. The number of ketones is 1. The van der Waals surface area contributed by atoms with Gasteiger partial charge in [0.05, 0.1) is 0 Å². The van der Waals surface area contributed by atoms with Crippen LogP contribution in [-0.4, -0.2) is 5.78 Å². The molecule has 0 amide bonds. The highest BCUT2D eigenvalue weighted by molar-refractivity contribution is 6.10. The van der Waals surface area contributed by atoms with Gasteiger partial charge in [-0.15, -0.1) is 0 Å². The van der Waals surface area contributed by atoms with Crippen LogP contribution in [0, 0.1) is 20.8 Å². The number of carbonyl (C=O) groups excluding carboxylic acids is 1. The second kappa shape index (κ2) is 4.65. The first-order valence-electron chi connectivity index (χ1n) is 5.97. The summed E-state index contributed by atoms with van der Waals surface area (Å²) in [5, 5.41) is 0. The Hall–Kier alpha value is -2.09. The molecule has 2 heteroatoms. The molecule has 92 valence electrons. The monoisotopic (exact) mass is 239 g/mol. The third-order valence-electron chi connectivity index (χ3n) is 3.45. The van der Waals surface area contributed by atoms with Gasteiger partial charge in [0, 0.05) is 16.8 Å². The van der Waals surface area contributed by atoms with Gasteiger partial charge < -0.3 is 5.73 Å². The van der Waals surface area contributed by atoms with Crippen LogP contribution in [-0.2, 0) is 0 Å². The second-order valence-corrected chi connectivity index (χ2v) is 4.63. The number of hydrogen-bond donors (Lipinski definition) is 1. The van der Waals surface area contributed by atoms with Gasteiger partial charge in [0.2, 0.25) is 0 Å². The highest BCUT2D eigenvalue weighted by Crippen LogP contribution is 2.20. The Labute approximate surface area is 107 Å². The van der Waals surface area contributed by atoms with Crippen molar-refractivity contribution in [2.24, 2.45) is 0 Å². The predicted molar refractivity (Wildman–Crippen MR) is 74.9 cm³/mol. The molecule has 0 saturated carbocycles. The van der Waals surface area contributed by atoms with E-state index in [-0.39, 0.29) is 5.78 Å². The Morgan fingerprint density at radius 3 is 2.39 bits per heavy atom. The van der Waals surface area contributed by atoms with E-state index >= 15 is 0 Å². The van der Waals surface area contributed by atoms with Crippen molar-refractivity contribution in [2.75, 3.05) is 5.73 Å². The molecule has 0 saturated heterocycles. The first-order valence-corrected chi connectivity index (χ1v) is 5.97. The Morgan fingerprint density at radius 1 is 1.00 bits per heavy atom. The molecule has 0 aliphatic carbocycles. The van der Waals surface area contributed by atoms with Crippen LogP contribution in [0.2, 0.25) is 0 Å². The van der Waals surface area contributed by atoms with Gasteiger partial charge in [-0.2, -0.15) is 0 Å². The summed E-state index contributed by atoms with van der Waals surface area (Å²) in [6.07, 6.45) is 0. The van der Waals surface area contributed by atoms with Crippen molar-refractivity contribution < 1.29 is 4.79 Å². The average Bonchev–Trinajstić information content (AvgIpc) is 2.35. The van der Waals surface area contributed by atoms with Crippen molar-refractivity contribution in [2.45, 2.75) is 20.8 Å². The maximum absolute atomic E-state index is 12.4. The molecule has 0 aromatic heterocycles. The van der Waals surface area contributed by atoms with Crippen LogP contribution in [0.15, 0.2) is 36.4 Å². The molecule has 0 atom stereocenters. The highest BCUT2D eigenvalue weighted by Gasteiger charge is 2.13. The minimum Gasteiger partial charge on any atom is -0.399 e. The molecule has 0 spiro atoms. The van der Waals surface area contributed by atoms with E-state index in [1.54, 1.807) is 24.3 Å². The predicted octanol–water partition coefficient (Wildman–Crippen LogP) is 3.43. The maximum Gasteiger partial charge on any atom is 0.193 e. The van der Waals surface area contributed by atoms with Crippen LogP contribution in [0.4, 0.5) is 5.69 Å². The fourth-order valence-electron chi connectivity index (χ4n) is 2.04. The molecule has 18 heavy (non-hydrogen) atoms. The summed E-state index contributed by atoms with van der Waals surface area (Å²) in [5.41, 5.74) is 11.1. The average molecular weight is 239 g/mol. The molecule has 2 aromatic rings. The van der Waals surface area contributed by atoms with Crippen molar-refractivity contribution in [3.05, 3.63) is 64.2 Å². The van der Waals surface area contributed by atoms with Crippen LogP contribution in [0.3, 0.4) is 0 Å². The van der Waals surface area contributed by atoms with Gasteiger partial charge >= 0.3 is 0 Å². The Bertz CT molecular complexity index is 614. The number of carbonyl (C=O) groups is 1. The van der Waals surface area contributed by atoms with Gasteiger partial charge in [-0.3, -0.25) is 4.79 Å². The standard InChI is InChI=1S/C16H17NO/c1-10-7-8-15(12(3)11(10)2)16(18)13-5-4-6-14(17)9-13/h4-9H,17H2,1-3H3. The molecule has 0 unspecified atom stereocenters. The van der Waals surface area contributed by atoms with Gasteiger partial charge in [0.25, 0.3) is 0 Å². The summed E-state index contributed by atoms with van der Waals surface area (Å²) in [7, 11) is 0. The molecular formula is C16H17NO. The molecule has 0 radical (unpaired) electrons. The fraction of sp³-hybridized carbons (Fsp3) is 0.188. The SMILES string of the molecule is Cc1ccc(C(=O)c2cccc(N)c2)c(C)c1C. The topological polar surface area (TPSA) is 43.1 Å². The van der Waals surface area contributed by atoms with Gasteiger partial charge in [-0.1, -0.05) is 24.3 Å². The lowest BCUT2D eigenvalue weighted by molar-refractivity contribution is 0.103. The molecular weight excluding hydrogens is 222 g/mol. The Balaban J connectivity index is 2.50. The summed E-state index contributed by atoms with van der Waals surface area (Å²) in [5.74, 6) is 0.0305. The first-order chi connectivity index (χ1) is 8.50. The third kappa shape index (κ3) is 2.14. The van der Waals surface area contributed by atoms with E-state index < -0.39 is 0 Å². The van der Waals surface area contributed by atoms with E-state index in [2.05, 4.69) is 6.92 Å². The van der Waals surface area contributed by atoms with Gasteiger partial charge in [-0.05, 0) is 49.6 Å². The quantitative estimate of drug-likeness (QED) is 0.644. The van der Waals surface area contributed by atoms with Crippen LogP contribution < -0.4 is 5.73 Å². The largest absolute Gasteiger partial charge is 0.399 e. The molecule has 0 fully saturated rings. The van der Waals surface area contributed by atoms with Gasteiger partial charge in [-0.25, -0.2) is 0 Å². The number of benzene rings is 2. The number of nitrogens with two attached hydrogens (primary N) is 1. The summed E-state index contributed by atoms with van der Waals surface area (Å²) < 4.78 is 0. The van der Waals surface area contributed by atoms with E-state index in [0.717, 1.165) is 11.1 Å². The molecule has 2 aromatic carbocycles. The number of anilines is 1. The number of nitrogen functional groups attached to an aromatic ring is 1. The molecule has 0 heterocycles. The summed E-state index contributed by atoms with van der Waals surface area (Å²) in [4.78, 5) is 12.4. The maximum atomic E-state index is 12.4. The van der Waals surface area contributed by atoms with E-state index in [4.69, 9.17) is 5.73 Å². The van der Waals surface area contributed by atoms with Crippen molar-refractivity contribution in [1.29, 1.82) is 0 Å². The molecule has 2 rings (SSSR count). The van der Waals surface area contributed by atoms with Crippen molar-refractivity contribution in [3.8, 4) is 0 Å². The summed E-state index contributed by atoms with van der Waals surface area (Å²) >= 11 is 0. The highest BCUT2D eigenvalue weighted by atomic mass is 16.1. The van der Waals surface area contributed by atoms with Crippen molar-refractivity contribution >= 4 is 11.5 Å². The zero-order valence-corrected chi connectivity index (χ0v) is 10.9. The summed E-state index contributed by atoms with van der Waals surface area (Å²) in [6, 6.07) is 11.0. The fourth-order valence-corrected chi connectivity index (χ4v) is 2.04.